The van der Waals surface area contributed by atoms with Crippen molar-refractivity contribution in [2.24, 2.45) is 0 Å². The molecule has 1 aromatic carbocycles. The summed E-state index contributed by atoms with van der Waals surface area (Å²) in [6.45, 7) is 6.03. The molecule has 5 nitrogen and oxygen atoms in total. The van der Waals surface area contributed by atoms with E-state index >= 15 is 0 Å². The van der Waals surface area contributed by atoms with Gasteiger partial charge in [0.1, 0.15) is 0 Å². The molecule has 1 unspecified atom stereocenters. The molecule has 1 aliphatic rings. The first-order valence-electron chi connectivity index (χ1n) is 6.52. The number of nitrogens with one attached hydrogen (secondary N) is 1. The molecule has 2 rings (SSSR count). The minimum absolute atomic E-state index is 0. The second kappa shape index (κ2) is 7.99. The van der Waals surface area contributed by atoms with Crippen LogP contribution in [0.3, 0.4) is 0 Å². The summed E-state index contributed by atoms with van der Waals surface area (Å²) in [7, 11) is 0. The highest BCUT2D eigenvalue weighted by molar-refractivity contribution is 5.85. The van der Waals surface area contributed by atoms with Crippen LogP contribution in [0.1, 0.15) is 12.5 Å². The Morgan fingerprint density at radius 1 is 1.50 bits per heavy atom. The maximum Gasteiger partial charge on any atom is 0.276 e. The molecule has 1 heterocycles. The molecule has 20 heavy (non-hydrogen) atoms. The van der Waals surface area contributed by atoms with Crippen LogP contribution in [0.15, 0.2) is 30.3 Å². The van der Waals surface area contributed by atoms with Crippen LogP contribution in [-0.4, -0.2) is 42.0 Å². The van der Waals surface area contributed by atoms with E-state index in [9.17, 15) is 10.1 Å². The maximum atomic E-state index is 10.9. The molecule has 0 radical (unpaired) electrons. The number of nitro benzene ring substituents is 1. The first kappa shape index (κ1) is 16.6. The molecule has 0 aliphatic carbocycles. The number of para-hydroxylation sites is 1. The monoisotopic (exact) mass is 297 g/mol. The van der Waals surface area contributed by atoms with Gasteiger partial charge in [-0.05, 0) is 13.0 Å². The summed E-state index contributed by atoms with van der Waals surface area (Å²) >= 11 is 0. The predicted molar refractivity (Wildman–Crippen MR) is 83.3 cm³/mol. The summed E-state index contributed by atoms with van der Waals surface area (Å²) < 4.78 is 0. The van der Waals surface area contributed by atoms with Crippen molar-refractivity contribution in [3.63, 3.8) is 0 Å². The van der Waals surface area contributed by atoms with Crippen LogP contribution in [-0.2, 0) is 0 Å². The fourth-order valence-electron chi connectivity index (χ4n) is 2.30. The van der Waals surface area contributed by atoms with Gasteiger partial charge in [-0.2, -0.15) is 0 Å². The lowest BCUT2D eigenvalue weighted by Crippen LogP contribution is -2.49. The Hall–Kier alpha value is -1.43. The van der Waals surface area contributed by atoms with Crippen molar-refractivity contribution in [1.29, 1.82) is 0 Å². The highest BCUT2D eigenvalue weighted by Crippen LogP contribution is 2.18. The standard InChI is InChI=1S/C14H19N3O2.ClH/c1-12-11-16(10-8-15-12)9-4-6-13-5-2-3-7-14(13)17(18)19;/h2-7,12,15H,8-11H2,1H3;1H/b6-4+;. The lowest BCUT2D eigenvalue weighted by Gasteiger charge is -2.30. The maximum absolute atomic E-state index is 10.9. The third-order valence-electron chi connectivity index (χ3n) is 3.25. The van der Waals surface area contributed by atoms with Gasteiger partial charge in [0.25, 0.3) is 5.69 Å². The minimum atomic E-state index is -0.341. The van der Waals surface area contributed by atoms with Crippen LogP contribution in [0, 0.1) is 10.1 Å². The number of nitro groups is 1. The Morgan fingerprint density at radius 3 is 2.95 bits per heavy atom. The van der Waals surface area contributed by atoms with Crippen LogP contribution in [0.4, 0.5) is 5.69 Å². The molecule has 0 bridgehead atoms. The van der Waals surface area contributed by atoms with Crippen molar-refractivity contribution in [1.82, 2.24) is 10.2 Å². The number of benzene rings is 1. The van der Waals surface area contributed by atoms with Crippen molar-refractivity contribution in [3.8, 4) is 0 Å². The zero-order valence-electron chi connectivity index (χ0n) is 11.5. The summed E-state index contributed by atoms with van der Waals surface area (Å²) in [4.78, 5) is 12.9. The smallest absolute Gasteiger partial charge is 0.276 e. The van der Waals surface area contributed by atoms with Gasteiger partial charge in [-0.3, -0.25) is 15.0 Å². The van der Waals surface area contributed by atoms with Gasteiger partial charge in [0, 0.05) is 38.3 Å². The van der Waals surface area contributed by atoms with Gasteiger partial charge in [0.2, 0.25) is 0 Å². The molecular weight excluding hydrogens is 278 g/mol. The number of hydrogen-bond acceptors (Lipinski definition) is 4. The Bertz CT molecular complexity index is 479. The van der Waals surface area contributed by atoms with E-state index in [-0.39, 0.29) is 23.0 Å². The fraction of sp³-hybridized carbons (Fsp3) is 0.429. The molecule has 0 amide bonds. The van der Waals surface area contributed by atoms with Crippen molar-refractivity contribution in [2.45, 2.75) is 13.0 Å². The van der Waals surface area contributed by atoms with Crippen molar-refractivity contribution < 1.29 is 4.92 Å². The quantitative estimate of drug-likeness (QED) is 0.684. The van der Waals surface area contributed by atoms with Crippen LogP contribution in [0.25, 0.3) is 6.08 Å². The molecule has 0 aromatic heterocycles. The summed E-state index contributed by atoms with van der Waals surface area (Å²) in [5, 5.41) is 14.3. The van der Waals surface area contributed by atoms with Gasteiger partial charge in [-0.15, -0.1) is 12.4 Å². The second-order valence-electron chi connectivity index (χ2n) is 4.83. The van der Waals surface area contributed by atoms with Crippen molar-refractivity contribution in [3.05, 3.63) is 46.0 Å². The lowest BCUT2D eigenvalue weighted by molar-refractivity contribution is -0.385. The molecule has 1 atom stereocenters. The molecule has 1 saturated heterocycles. The average molecular weight is 298 g/mol. The van der Waals surface area contributed by atoms with E-state index in [2.05, 4.69) is 17.1 Å². The first-order valence-corrected chi connectivity index (χ1v) is 6.52. The highest BCUT2D eigenvalue weighted by atomic mass is 35.5. The van der Waals surface area contributed by atoms with Crippen molar-refractivity contribution >= 4 is 24.2 Å². The Kier molecular flexibility index (Phi) is 6.64. The Labute approximate surface area is 125 Å². The third kappa shape index (κ3) is 4.59. The van der Waals surface area contributed by atoms with Crippen LogP contribution in [0.5, 0.6) is 0 Å². The fourth-order valence-corrected chi connectivity index (χ4v) is 2.30. The molecule has 0 saturated carbocycles. The number of rotatable bonds is 4. The normalized spacial score (nSPS) is 19.8. The molecule has 110 valence electrons. The molecular formula is C14H20ClN3O2. The summed E-state index contributed by atoms with van der Waals surface area (Å²) in [5.74, 6) is 0. The van der Waals surface area contributed by atoms with E-state index < -0.39 is 0 Å². The zero-order chi connectivity index (χ0) is 13.7. The van der Waals surface area contributed by atoms with E-state index in [4.69, 9.17) is 0 Å². The lowest BCUT2D eigenvalue weighted by atomic mass is 10.1. The third-order valence-corrected chi connectivity index (χ3v) is 3.25. The topological polar surface area (TPSA) is 58.4 Å². The number of nitrogens with zero attached hydrogens (tertiary/aromatic N) is 2. The van der Waals surface area contributed by atoms with E-state index in [1.165, 1.54) is 6.07 Å². The summed E-state index contributed by atoms with van der Waals surface area (Å²) in [6, 6.07) is 7.32. The van der Waals surface area contributed by atoms with E-state index in [0.29, 0.717) is 11.6 Å². The first-order chi connectivity index (χ1) is 9.16. The van der Waals surface area contributed by atoms with Gasteiger partial charge in [-0.1, -0.05) is 24.3 Å². The van der Waals surface area contributed by atoms with E-state index in [1.54, 1.807) is 12.1 Å². The van der Waals surface area contributed by atoms with Gasteiger partial charge < -0.3 is 5.32 Å². The largest absolute Gasteiger partial charge is 0.312 e. The number of hydrogen-bond donors (Lipinski definition) is 1. The molecule has 1 aromatic rings. The van der Waals surface area contributed by atoms with Crippen LogP contribution >= 0.6 is 12.4 Å². The highest BCUT2D eigenvalue weighted by Gasteiger charge is 2.14. The van der Waals surface area contributed by atoms with Crippen LogP contribution < -0.4 is 5.32 Å². The molecule has 6 heteroatoms. The molecule has 1 N–H and O–H groups in total. The minimum Gasteiger partial charge on any atom is -0.312 e. The molecule has 0 spiro atoms. The van der Waals surface area contributed by atoms with Gasteiger partial charge in [-0.25, -0.2) is 0 Å². The summed E-state index contributed by atoms with van der Waals surface area (Å²) in [6.07, 6.45) is 3.84. The predicted octanol–water partition coefficient (Wildman–Crippen LogP) is 2.32. The molecule has 1 aliphatic heterocycles. The SMILES string of the molecule is CC1CN(C/C=C/c2ccccc2[N+](=O)[O-])CCN1.Cl. The Balaban J connectivity index is 0.00000200. The van der Waals surface area contributed by atoms with Gasteiger partial charge >= 0.3 is 0 Å². The van der Waals surface area contributed by atoms with E-state index in [1.807, 2.05) is 18.2 Å². The van der Waals surface area contributed by atoms with Gasteiger partial charge in [0.15, 0.2) is 0 Å². The van der Waals surface area contributed by atoms with Crippen molar-refractivity contribution in [2.75, 3.05) is 26.2 Å². The second-order valence-corrected chi connectivity index (χ2v) is 4.83. The number of piperazine rings is 1. The van der Waals surface area contributed by atoms with Crippen LogP contribution in [0.2, 0.25) is 0 Å². The van der Waals surface area contributed by atoms with E-state index in [0.717, 1.165) is 26.2 Å². The number of halogens is 1. The summed E-state index contributed by atoms with van der Waals surface area (Å²) in [5.41, 5.74) is 0.822. The average Bonchev–Trinajstić information content (AvgIpc) is 2.39. The Morgan fingerprint density at radius 2 is 2.25 bits per heavy atom. The zero-order valence-corrected chi connectivity index (χ0v) is 12.3. The molecule has 1 fully saturated rings. The van der Waals surface area contributed by atoms with Gasteiger partial charge in [0.05, 0.1) is 10.5 Å².